The van der Waals surface area contributed by atoms with Crippen molar-refractivity contribution >= 4 is 80.4 Å². The van der Waals surface area contributed by atoms with E-state index < -0.39 is 15.6 Å². The summed E-state index contributed by atoms with van der Waals surface area (Å²) in [6.07, 6.45) is 4.30. The molecule has 0 saturated heterocycles. The van der Waals surface area contributed by atoms with Gasteiger partial charge in [-0.25, -0.2) is 0 Å². The second-order valence-corrected chi connectivity index (χ2v) is 28.5. The Bertz CT molecular complexity index is 1420. The maximum atomic E-state index is 6.68. The third-order valence-electron chi connectivity index (χ3n) is 9.71. The third kappa shape index (κ3) is 7.78. The molecule has 0 spiro atoms. The van der Waals surface area contributed by atoms with E-state index in [0.717, 1.165) is 0 Å². The van der Waals surface area contributed by atoms with Crippen LogP contribution in [0.25, 0.3) is 21.8 Å². The highest BCUT2D eigenvalue weighted by Gasteiger charge is 2.45. The average molecular weight is 769 g/mol. The summed E-state index contributed by atoms with van der Waals surface area (Å²) in [6.45, 7) is 32.3. The number of aromatic amines is 1. The first kappa shape index (κ1) is 38.4. The van der Waals surface area contributed by atoms with Gasteiger partial charge < -0.3 is 9.22 Å². The van der Waals surface area contributed by atoms with Crippen molar-refractivity contribution in [2.75, 3.05) is 0 Å². The van der Waals surface area contributed by atoms with E-state index in [9.17, 15) is 0 Å². The number of fused-ring (bicyclic) bond motifs is 2. The first-order valence-electron chi connectivity index (χ1n) is 16.0. The van der Waals surface area contributed by atoms with Crippen molar-refractivity contribution in [1.29, 1.82) is 0 Å². The van der Waals surface area contributed by atoms with Crippen LogP contribution >= 0.6 is 42.9 Å². The molecular formula is C36H57Br2ClN2Si2. The molecule has 2 aromatic carbocycles. The van der Waals surface area contributed by atoms with Crippen LogP contribution in [0.5, 0.6) is 0 Å². The van der Waals surface area contributed by atoms with Crippen molar-refractivity contribution in [3.63, 3.8) is 0 Å². The highest BCUT2D eigenvalue weighted by Crippen LogP contribution is 2.45. The van der Waals surface area contributed by atoms with E-state index in [1.807, 2.05) is 6.20 Å². The summed E-state index contributed by atoms with van der Waals surface area (Å²) in [6, 6.07) is 13.1. The van der Waals surface area contributed by atoms with Gasteiger partial charge in [0.05, 0.1) is 0 Å². The van der Waals surface area contributed by atoms with E-state index in [1.165, 1.54) is 41.9 Å². The van der Waals surface area contributed by atoms with Crippen LogP contribution in [0.15, 0.2) is 57.7 Å². The zero-order valence-corrected chi connectivity index (χ0v) is 35.1. The molecule has 0 aliphatic heterocycles. The molecule has 0 bridgehead atoms. The molecule has 0 fully saturated rings. The molecule has 240 valence electrons. The molecule has 7 heteroatoms. The lowest BCUT2D eigenvalue weighted by Crippen LogP contribution is -2.51. The zero-order chi connectivity index (χ0) is 33.0. The van der Waals surface area contributed by atoms with Crippen molar-refractivity contribution in [3.05, 3.63) is 68.9 Å². The van der Waals surface area contributed by atoms with E-state index in [2.05, 4.69) is 181 Å². The van der Waals surface area contributed by atoms with Crippen molar-refractivity contribution < 1.29 is 0 Å². The fourth-order valence-electron chi connectivity index (χ4n) is 7.67. The van der Waals surface area contributed by atoms with Gasteiger partial charge in [-0.1, -0.05) is 95.2 Å². The van der Waals surface area contributed by atoms with Gasteiger partial charge in [0, 0.05) is 36.9 Å². The Hall–Kier alpha value is -0.796. The monoisotopic (exact) mass is 766 g/mol. The third-order valence-corrected chi connectivity index (χ3v) is 27.8. The van der Waals surface area contributed by atoms with Gasteiger partial charge in [0.2, 0.25) is 0 Å². The quantitative estimate of drug-likeness (QED) is 0.143. The molecular weight excluding hydrogens is 712 g/mol. The number of nitrogens with one attached hydrogen (secondary N) is 1. The highest BCUT2D eigenvalue weighted by atomic mass is 79.9. The molecule has 4 rings (SSSR count). The zero-order valence-electron chi connectivity index (χ0n) is 29.2. The SMILES string of the molecule is CC(C)[Si](Cl)(C(C)C)C(C)C.Cc1ccc2[nH]ccc2c1Br.Cc1ccc2c(ccn2[Si](C(C)C)(C(C)C)C(C)C)c1Br. The topological polar surface area (TPSA) is 20.7 Å². The van der Waals surface area contributed by atoms with Crippen LogP contribution in [0.2, 0.25) is 33.2 Å². The minimum absolute atomic E-state index is 0.684. The Morgan fingerprint density at radius 1 is 0.605 bits per heavy atom. The first-order valence-corrected chi connectivity index (χ1v) is 23.0. The number of hydrogen-bond donors (Lipinski definition) is 1. The van der Waals surface area contributed by atoms with Crippen molar-refractivity contribution in [3.8, 4) is 0 Å². The predicted molar refractivity (Wildman–Crippen MR) is 208 cm³/mol. The number of H-pyrrole nitrogens is 1. The van der Waals surface area contributed by atoms with E-state index in [1.54, 1.807) is 0 Å². The lowest BCUT2D eigenvalue weighted by molar-refractivity contribution is 0.773. The molecule has 0 amide bonds. The van der Waals surface area contributed by atoms with Gasteiger partial charge in [0.1, 0.15) is 0 Å². The van der Waals surface area contributed by atoms with Crippen LogP contribution in [0.1, 0.15) is 94.2 Å². The minimum Gasteiger partial charge on any atom is -0.373 e. The molecule has 2 aromatic heterocycles. The smallest absolute Gasteiger partial charge is 0.169 e. The molecule has 43 heavy (non-hydrogen) atoms. The molecule has 2 nitrogen and oxygen atoms in total. The Morgan fingerprint density at radius 2 is 1.05 bits per heavy atom. The van der Waals surface area contributed by atoms with Gasteiger partial charge in [0.15, 0.2) is 15.6 Å². The number of nitrogens with zero attached hydrogens (tertiary/aromatic N) is 1. The number of aryl methyl sites for hydroxylation is 2. The van der Waals surface area contributed by atoms with Gasteiger partial charge >= 0.3 is 0 Å². The average Bonchev–Trinajstić information content (AvgIpc) is 3.56. The second kappa shape index (κ2) is 15.7. The maximum Gasteiger partial charge on any atom is 0.169 e. The van der Waals surface area contributed by atoms with Crippen LogP contribution in [0.4, 0.5) is 0 Å². The van der Waals surface area contributed by atoms with Gasteiger partial charge in [0.25, 0.3) is 0 Å². The van der Waals surface area contributed by atoms with E-state index >= 15 is 0 Å². The van der Waals surface area contributed by atoms with Crippen LogP contribution in [0.3, 0.4) is 0 Å². The second-order valence-electron chi connectivity index (χ2n) is 14.1. The normalized spacial score (nSPS) is 12.6. The van der Waals surface area contributed by atoms with Gasteiger partial charge in [-0.3, -0.25) is 0 Å². The lowest BCUT2D eigenvalue weighted by Gasteiger charge is -2.44. The maximum absolute atomic E-state index is 6.68. The molecule has 2 heterocycles. The summed E-state index contributed by atoms with van der Waals surface area (Å²) in [5.74, 6) is 0. The van der Waals surface area contributed by atoms with E-state index in [4.69, 9.17) is 11.1 Å². The molecule has 0 unspecified atom stereocenters. The summed E-state index contributed by atoms with van der Waals surface area (Å²) >= 11 is 14.0. The minimum atomic E-state index is -1.66. The Kier molecular flexibility index (Phi) is 14.0. The fraction of sp³-hybridized carbons (Fsp3) is 0.556. The summed E-state index contributed by atoms with van der Waals surface area (Å²) < 4.78 is 5.11. The highest BCUT2D eigenvalue weighted by molar-refractivity contribution is 9.11. The molecule has 0 atom stereocenters. The molecule has 0 radical (unpaired) electrons. The summed E-state index contributed by atoms with van der Waals surface area (Å²) in [5.41, 5.74) is 9.37. The number of halogens is 3. The van der Waals surface area contributed by atoms with Gasteiger partial charge in [-0.15, -0.1) is 0 Å². The first-order chi connectivity index (χ1) is 19.9. The van der Waals surface area contributed by atoms with Crippen LogP contribution in [-0.4, -0.2) is 24.8 Å². The fourth-order valence-corrected chi connectivity index (χ4v) is 19.2. The molecule has 0 aliphatic rings. The van der Waals surface area contributed by atoms with Crippen LogP contribution in [-0.2, 0) is 0 Å². The number of aromatic nitrogens is 2. The van der Waals surface area contributed by atoms with Crippen molar-refractivity contribution in [2.24, 2.45) is 0 Å². The molecule has 0 aliphatic carbocycles. The van der Waals surface area contributed by atoms with E-state index in [-0.39, 0.29) is 0 Å². The van der Waals surface area contributed by atoms with Crippen molar-refractivity contribution in [1.82, 2.24) is 9.22 Å². The molecule has 0 saturated carbocycles. The van der Waals surface area contributed by atoms with Gasteiger partial charge in [-0.05, 0) is 121 Å². The molecule has 1 N–H and O–H groups in total. The summed E-state index contributed by atoms with van der Waals surface area (Å²) in [7, 11) is -3.17. The number of benzene rings is 2. The summed E-state index contributed by atoms with van der Waals surface area (Å²) in [5, 5.41) is 2.61. The summed E-state index contributed by atoms with van der Waals surface area (Å²) in [4.78, 5) is 3.16. The number of hydrogen-bond acceptors (Lipinski definition) is 0. The van der Waals surface area contributed by atoms with Crippen molar-refractivity contribution in [2.45, 2.75) is 130 Å². The Morgan fingerprint density at radius 3 is 1.47 bits per heavy atom. The number of rotatable bonds is 7. The lowest BCUT2D eigenvalue weighted by atomic mass is 10.2. The van der Waals surface area contributed by atoms with Gasteiger partial charge in [-0.2, -0.15) is 11.1 Å². The van der Waals surface area contributed by atoms with E-state index in [0.29, 0.717) is 33.2 Å². The standard InChI is InChI=1S/C18H28BrNSi.C9H8BrN.C9H21ClSi/c1-12(2)21(13(3)4,14(5)6)20-11-10-16-17(20)9-8-15(7)18(16)19;1-6-2-3-8-7(9(6)10)4-5-11-8;1-7(2)11(10,8(3)4)9(5)6/h8-14H,1-7H3;2-5,11H,1H3;7-9H,1-6H3. The Labute approximate surface area is 286 Å². The predicted octanol–water partition coefficient (Wildman–Crippen LogP) is 14.4. The molecule has 4 aromatic rings. The van der Waals surface area contributed by atoms with Crippen LogP contribution in [0, 0.1) is 13.8 Å². The Balaban J connectivity index is 0.000000247. The van der Waals surface area contributed by atoms with Crippen LogP contribution < -0.4 is 0 Å². The largest absolute Gasteiger partial charge is 0.373 e.